The molecule has 0 saturated carbocycles. The molecule has 0 aliphatic rings. The third kappa shape index (κ3) is 8.47. The van der Waals surface area contributed by atoms with Crippen LogP contribution in [0.15, 0.2) is 52.2 Å². The maximum Gasteiger partial charge on any atom is 0.230 e. The van der Waals surface area contributed by atoms with Gasteiger partial charge < -0.3 is 15.7 Å². The molecule has 2 aromatic carbocycles. The summed E-state index contributed by atoms with van der Waals surface area (Å²) in [5.74, 6) is -1.55. The Morgan fingerprint density at radius 3 is 2.56 bits per heavy atom. The molecule has 0 aliphatic carbocycles. The summed E-state index contributed by atoms with van der Waals surface area (Å²) >= 11 is 2.77. The van der Waals surface area contributed by atoms with Gasteiger partial charge in [-0.15, -0.1) is 11.3 Å². The Bertz CT molecular complexity index is 1070. The average Bonchev–Trinajstić information content (AvgIpc) is 3.22. The number of halogens is 2. The quantitative estimate of drug-likeness (QED) is 0.321. The first kappa shape index (κ1) is 26.3. The number of aryl methyl sites for hydroxylation is 2. The SMILES string of the molecule is CCc1cccc(CNC[C@@H](O)[C@H](Cc2cc(F)cc(F)c2)NC(=O)CSc2nc(C)cs2)c1. The van der Waals surface area contributed by atoms with Gasteiger partial charge in [0.1, 0.15) is 11.6 Å². The van der Waals surface area contributed by atoms with Gasteiger partial charge in [-0.1, -0.05) is 43.0 Å². The van der Waals surface area contributed by atoms with Crippen molar-refractivity contribution in [2.75, 3.05) is 12.3 Å². The number of thioether (sulfide) groups is 1. The highest BCUT2D eigenvalue weighted by Crippen LogP contribution is 2.22. The monoisotopic (exact) mass is 505 g/mol. The molecule has 2 atom stereocenters. The third-order valence-corrected chi connectivity index (χ3v) is 7.33. The number of hydrogen-bond acceptors (Lipinski definition) is 6. The van der Waals surface area contributed by atoms with Crippen molar-refractivity contribution >= 4 is 29.0 Å². The molecule has 3 aromatic rings. The molecule has 0 radical (unpaired) electrons. The van der Waals surface area contributed by atoms with Crippen molar-refractivity contribution in [2.24, 2.45) is 0 Å². The first-order valence-corrected chi connectivity index (χ1v) is 12.9. The summed E-state index contributed by atoms with van der Waals surface area (Å²) in [6.07, 6.45) is 0.0694. The fourth-order valence-corrected chi connectivity index (χ4v) is 5.17. The molecule has 182 valence electrons. The van der Waals surface area contributed by atoms with E-state index < -0.39 is 23.8 Å². The van der Waals surface area contributed by atoms with Gasteiger partial charge in [0.2, 0.25) is 5.91 Å². The highest BCUT2D eigenvalue weighted by atomic mass is 32.2. The Morgan fingerprint density at radius 1 is 1.15 bits per heavy atom. The maximum absolute atomic E-state index is 13.7. The summed E-state index contributed by atoms with van der Waals surface area (Å²) in [6, 6.07) is 10.7. The normalized spacial score (nSPS) is 13.0. The number of carbonyl (C=O) groups excluding carboxylic acids is 1. The minimum absolute atomic E-state index is 0.0929. The van der Waals surface area contributed by atoms with Crippen molar-refractivity contribution in [1.29, 1.82) is 0 Å². The van der Waals surface area contributed by atoms with Crippen LogP contribution in [0, 0.1) is 18.6 Å². The van der Waals surface area contributed by atoms with Gasteiger partial charge in [0.25, 0.3) is 0 Å². The standard InChI is InChI=1S/C25H29F2N3O2S2/c1-3-17-5-4-6-18(7-17)12-28-13-23(31)22(10-19-8-20(26)11-21(27)9-19)30-24(32)15-34-25-29-16(2)14-33-25/h4-9,11,14,22-23,28,31H,3,10,12-13,15H2,1-2H3,(H,30,32)/t22-,23+/m0/s1. The van der Waals surface area contributed by atoms with E-state index >= 15 is 0 Å². The molecule has 0 fully saturated rings. The van der Waals surface area contributed by atoms with Crippen molar-refractivity contribution in [1.82, 2.24) is 15.6 Å². The van der Waals surface area contributed by atoms with Gasteiger partial charge in [-0.05, 0) is 48.6 Å². The van der Waals surface area contributed by atoms with E-state index in [0.29, 0.717) is 12.1 Å². The van der Waals surface area contributed by atoms with Crippen LogP contribution in [0.5, 0.6) is 0 Å². The summed E-state index contributed by atoms with van der Waals surface area (Å²) in [7, 11) is 0. The Balaban J connectivity index is 1.62. The van der Waals surface area contributed by atoms with Gasteiger partial charge in [-0.25, -0.2) is 13.8 Å². The summed E-state index contributed by atoms with van der Waals surface area (Å²) in [5, 5.41) is 18.8. The summed E-state index contributed by atoms with van der Waals surface area (Å²) in [4.78, 5) is 16.9. The summed E-state index contributed by atoms with van der Waals surface area (Å²) in [5.41, 5.74) is 3.58. The number of hydrogen-bond donors (Lipinski definition) is 3. The van der Waals surface area contributed by atoms with Crippen LogP contribution >= 0.6 is 23.1 Å². The van der Waals surface area contributed by atoms with E-state index in [0.717, 1.165) is 28.1 Å². The summed E-state index contributed by atoms with van der Waals surface area (Å²) in [6.45, 7) is 4.74. The van der Waals surface area contributed by atoms with Crippen molar-refractivity contribution < 1.29 is 18.7 Å². The topological polar surface area (TPSA) is 74.2 Å². The molecule has 34 heavy (non-hydrogen) atoms. The predicted octanol–water partition coefficient (Wildman–Crippen LogP) is 4.26. The molecule has 5 nitrogen and oxygen atoms in total. The lowest BCUT2D eigenvalue weighted by Crippen LogP contribution is -2.49. The Kier molecular flexibility index (Phi) is 10.0. The molecule has 0 saturated heterocycles. The first-order chi connectivity index (χ1) is 16.3. The van der Waals surface area contributed by atoms with Gasteiger partial charge in [0, 0.05) is 30.2 Å². The molecule has 1 amide bonds. The fourth-order valence-electron chi connectivity index (χ4n) is 3.51. The molecule has 0 bridgehead atoms. The molecule has 3 rings (SSSR count). The molecular weight excluding hydrogens is 476 g/mol. The smallest absolute Gasteiger partial charge is 0.230 e. The Hall–Kier alpha value is -2.33. The number of aliphatic hydroxyl groups excluding tert-OH is 1. The molecule has 1 heterocycles. The van der Waals surface area contributed by atoms with Crippen LogP contribution in [-0.4, -0.2) is 40.4 Å². The second-order valence-electron chi connectivity index (χ2n) is 8.07. The van der Waals surface area contributed by atoms with Gasteiger partial charge in [-0.2, -0.15) is 0 Å². The van der Waals surface area contributed by atoms with Crippen molar-refractivity contribution in [2.45, 2.75) is 49.7 Å². The lowest BCUT2D eigenvalue weighted by atomic mass is 10.0. The zero-order chi connectivity index (χ0) is 24.5. The van der Waals surface area contributed by atoms with Crippen LogP contribution in [0.25, 0.3) is 0 Å². The van der Waals surface area contributed by atoms with E-state index in [4.69, 9.17) is 0 Å². The van der Waals surface area contributed by atoms with Crippen LogP contribution in [0.3, 0.4) is 0 Å². The third-order valence-electron chi connectivity index (χ3n) is 5.20. The van der Waals surface area contributed by atoms with E-state index in [2.05, 4.69) is 34.7 Å². The van der Waals surface area contributed by atoms with E-state index in [-0.39, 0.29) is 24.6 Å². The zero-order valence-electron chi connectivity index (χ0n) is 19.2. The maximum atomic E-state index is 13.7. The van der Waals surface area contributed by atoms with E-state index in [9.17, 15) is 18.7 Å². The number of carbonyl (C=O) groups is 1. The largest absolute Gasteiger partial charge is 0.390 e. The van der Waals surface area contributed by atoms with Gasteiger partial charge >= 0.3 is 0 Å². The number of benzene rings is 2. The molecule has 0 unspecified atom stereocenters. The predicted molar refractivity (Wildman–Crippen MR) is 133 cm³/mol. The van der Waals surface area contributed by atoms with Crippen LogP contribution < -0.4 is 10.6 Å². The Morgan fingerprint density at radius 2 is 1.88 bits per heavy atom. The second-order valence-corrected chi connectivity index (χ2v) is 10.2. The van der Waals surface area contributed by atoms with E-state index in [1.807, 2.05) is 24.4 Å². The summed E-state index contributed by atoms with van der Waals surface area (Å²) < 4.78 is 28.2. The zero-order valence-corrected chi connectivity index (χ0v) is 20.8. The molecule has 9 heteroatoms. The van der Waals surface area contributed by atoms with Crippen molar-refractivity contribution in [3.8, 4) is 0 Å². The van der Waals surface area contributed by atoms with Gasteiger partial charge in [-0.3, -0.25) is 4.79 Å². The minimum Gasteiger partial charge on any atom is -0.390 e. The number of nitrogens with one attached hydrogen (secondary N) is 2. The van der Waals surface area contributed by atoms with Gasteiger partial charge in [0.05, 0.1) is 17.9 Å². The number of nitrogens with zero attached hydrogens (tertiary/aromatic N) is 1. The average molecular weight is 506 g/mol. The minimum atomic E-state index is -0.961. The molecular formula is C25H29F2N3O2S2. The van der Waals surface area contributed by atoms with E-state index in [1.54, 1.807) is 0 Å². The lowest BCUT2D eigenvalue weighted by Gasteiger charge is -2.25. The highest BCUT2D eigenvalue weighted by molar-refractivity contribution is 8.01. The molecule has 0 aliphatic heterocycles. The van der Waals surface area contributed by atoms with Crippen LogP contribution in [0.2, 0.25) is 0 Å². The van der Waals surface area contributed by atoms with Gasteiger partial charge in [0.15, 0.2) is 4.34 Å². The number of thiazole rings is 1. The van der Waals surface area contributed by atoms with E-state index in [1.165, 1.54) is 40.8 Å². The van der Waals surface area contributed by atoms with Crippen molar-refractivity contribution in [3.63, 3.8) is 0 Å². The number of amides is 1. The van der Waals surface area contributed by atoms with Crippen LogP contribution in [0.1, 0.15) is 29.3 Å². The van der Waals surface area contributed by atoms with Crippen LogP contribution in [0.4, 0.5) is 8.78 Å². The molecule has 3 N–H and O–H groups in total. The number of aromatic nitrogens is 1. The van der Waals surface area contributed by atoms with Crippen LogP contribution in [-0.2, 0) is 24.2 Å². The first-order valence-electron chi connectivity index (χ1n) is 11.1. The number of aliphatic hydroxyl groups is 1. The van der Waals surface area contributed by atoms with Crippen molar-refractivity contribution in [3.05, 3.63) is 81.9 Å². The highest BCUT2D eigenvalue weighted by Gasteiger charge is 2.22. The fraction of sp³-hybridized carbons (Fsp3) is 0.360. The number of rotatable bonds is 12. The lowest BCUT2D eigenvalue weighted by molar-refractivity contribution is -0.120. The second kappa shape index (κ2) is 12.9. The molecule has 0 spiro atoms. The molecule has 1 aromatic heterocycles. The Labute approximate surface area is 207 Å².